The third-order valence-corrected chi connectivity index (χ3v) is 3.31. The van der Waals surface area contributed by atoms with Gasteiger partial charge in [-0.1, -0.05) is 33.6 Å². The smallest absolute Gasteiger partial charge is 0.0326 e. The first-order valence-electron chi connectivity index (χ1n) is 6.82. The summed E-state index contributed by atoms with van der Waals surface area (Å²) in [5.41, 5.74) is 2.70. The molecule has 2 heteroatoms. The zero-order valence-electron chi connectivity index (χ0n) is 11.7. The van der Waals surface area contributed by atoms with E-state index < -0.39 is 0 Å². The first-order valence-corrected chi connectivity index (χ1v) is 6.82. The van der Waals surface area contributed by atoms with Crippen LogP contribution < -0.4 is 5.32 Å². The Bertz CT molecular complexity index is 322. The predicted octanol–water partition coefficient (Wildman–Crippen LogP) is 3.87. The molecule has 0 spiro atoms. The van der Waals surface area contributed by atoms with Crippen LogP contribution in [0.15, 0.2) is 18.5 Å². The fourth-order valence-electron chi connectivity index (χ4n) is 2.45. The molecular weight excluding hydrogens is 208 g/mol. The number of nitrogens with zero attached hydrogens (tertiary/aromatic N) is 1. The number of aryl methyl sites for hydroxylation is 1. The Kier molecular flexibility index (Phi) is 6.20. The van der Waals surface area contributed by atoms with Crippen molar-refractivity contribution in [3.05, 3.63) is 29.6 Å². The van der Waals surface area contributed by atoms with Gasteiger partial charge >= 0.3 is 0 Å². The fraction of sp³-hybridized carbons (Fsp3) is 0.667. The quantitative estimate of drug-likeness (QED) is 0.774. The average Bonchev–Trinajstić information content (AvgIpc) is 2.29. The summed E-state index contributed by atoms with van der Waals surface area (Å²) in [6.07, 6.45) is 7.66. The van der Waals surface area contributed by atoms with Crippen molar-refractivity contribution >= 4 is 0 Å². The van der Waals surface area contributed by atoms with Crippen LogP contribution in [0.1, 0.15) is 57.2 Å². The van der Waals surface area contributed by atoms with Crippen molar-refractivity contribution in [1.29, 1.82) is 0 Å². The molecule has 0 bridgehead atoms. The maximum atomic E-state index is 4.18. The molecular formula is C15H26N2. The monoisotopic (exact) mass is 234 g/mol. The van der Waals surface area contributed by atoms with Gasteiger partial charge in [-0.15, -0.1) is 0 Å². The molecule has 1 rings (SSSR count). The molecule has 1 heterocycles. The minimum atomic E-state index is 0.476. The highest BCUT2D eigenvalue weighted by Gasteiger charge is 2.15. The van der Waals surface area contributed by atoms with E-state index in [0.29, 0.717) is 6.04 Å². The van der Waals surface area contributed by atoms with E-state index in [-0.39, 0.29) is 0 Å². The minimum Gasteiger partial charge on any atom is -0.310 e. The molecule has 2 nitrogen and oxygen atoms in total. The number of pyridine rings is 1. The zero-order chi connectivity index (χ0) is 12.7. The molecule has 0 aromatic carbocycles. The molecule has 1 aromatic heterocycles. The lowest BCUT2D eigenvalue weighted by molar-refractivity contribution is 0.394. The lowest BCUT2D eigenvalue weighted by atomic mass is 9.91. The van der Waals surface area contributed by atoms with Crippen molar-refractivity contribution in [2.75, 3.05) is 6.54 Å². The summed E-state index contributed by atoms with van der Waals surface area (Å²) in [4.78, 5) is 4.18. The third kappa shape index (κ3) is 4.47. The molecule has 0 aliphatic rings. The van der Waals surface area contributed by atoms with Gasteiger partial charge in [-0.25, -0.2) is 0 Å². The maximum Gasteiger partial charge on any atom is 0.0326 e. The topological polar surface area (TPSA) is 24.9 Å². The summed E-state index contributed by atoms with van der Waals surface area (Å²) in [5.74, 6) is 0.775. The normalized spacial score (nSPS) is 14.6. The van der Waals surface area contributed by atoms with Crippen LogP contribution in [0.4, 0.5) is 0 Å². The van der Waals surface area contributed by atoms with Gasteiger partial charge in [-0.05, 0) is 43.0 Å². The van der Waals surface area contributed by atoms with E-state index >= 15 is 0 Å². The highest BCUT2D eigenvalue weighted by molar-refractivity contribution is 5.25. The molecule has 1 N–H and O–H groups in total. The SMILES string of the molecule is CCCC(C)CC(NCC)c1ccncc1C. The van der Waals surface area contributed by atoms with Gasteiger partial charge in [-0.2, -0.15) is 0 Å². The van der Waals surface area contributed by atoms with Gasteiger partial charge in [0, 0.05) is 18.4 Å². The van der Waals surface area contributed by atoms with Crippen molar-refractivity contribution < 1.29 is 0 Å². The largest absolute Gasteiger partial charge is 0.310 e. The highest BCUT2D eigenvalue weighted by Crippen LogP contribution is 2.25. The van der Waals surface area contributed by atoms with E-state index in [9.17, 15) is 0 Å². The van der Waals surface area contributed by atoms with E-state index in [4.69, 9.17) is 0 Å². The van der Waals surface area contributed by atoms with Crippen LogP contribution in [0.5, 0.6) is 0 Å². The number of nitrogens with one attached hydrogen (secondary N) is 1. The molecule has 2 atom stereocenters. The second-order valence-electron chi connectivity index (χ2n) is 4.97. The van der Waals surface area contributed by atoms with Crippen molar-refractivity contribution in [3.63, 3.8) is 0 Å². The molecule has 0 saturated carbocycles. The number of hydrogen-bond donors (Lipinski definition) is 1. The maximum absolute atomic E-state index is 4.18. The predicted molar refractivity (Wildman–Crippen MR) is 74.1 cm³/mol. The first-order chi connectivity index (χ1) is 8.19. The molecule has 0 aliphatic heterocycles. The Hall–Kier alpha value is -0.890. The Morgan fingerprint density at radius 3 is 2.71 bits per heavy atom. The highest BCUT2D eigenvalue weighted by atomic mass is 14.9. The molecule has 2 unspecified atom stereocenters. The second-order valence-corrected chi connectivity index (χ2v) is 4.97. The van der Waals surface area contributed by atoms with Crippen molar-refractivity contribution in [2.24, 2.45) is 5.92 Å². The lowest BCUT2D eigenvalue weighted by Crippen LogP contribution is -2.23. The van der Waals surface area contributed by atoms with Gasteiger partial charge in [0.25, 0.3) is 0 Å². The minimum absolute atomic E-state index is 0.476. The fourth-order valence-corrected chi connectivity index (χ4v) is 2.45. The second kappa shape index (κ2) is 7.44. The van der Waals surface area contributed by atoms with Crippen LogP contribution in [-0.2, 0) is 0 Å². The van der Waals surface area contributed by atoms with Crippen molar-refractivity contribution in [1.82, 2.24) is 10.3 Å². The summed E-state index contributed by atoms with van der Waals surface area (Å²) >= 11 is 0. The molecule has 96 valence electrons. The van der Waals surface area contributed by atoms with Crippen LogP contribution in [0.2, 0.25) is 0 Å². The molecule has 1 aromatic rings. The van der Waals surface area contributed by atoms with Gasteiger partial charge in [0.1, 0.15) is 0 Å². The standard InChI is InChI=1S/C15H26N2/c1-5-7-12(3)10-15(17-6-2)14-8-9-16-11-13(14)4/h8-9,11-12,15,17H,5-7,10H2,1-4H3. The van der Waals surface area contributed by atoms with E-state index in [0.717, 1.165) is 12.5 Å². The Morgan fingerprint density at radius 2 is 2.12 bits per heavy atom. The summed E-state index contributed by atoms with van der Waals surface area (Å²) in [6.45, 7) is 9.96. The van der Waals surface area contributed by atoms with E-state index in [1.54, 1.807) is 0 Å². The van der Waals surface area contributed by atoms with Crippen LogP contribution in [0.3, 0.4) is 0 Å². The Morgan fingerprint density at radius 1 is 1.35 bits per heavy atom. The Balaban J connectivity index is 2.75. The van der Waals surface area contributed by atoms with E-state index in [1.807, 2.05) is 12.4 Å². The Labute approximate surface area is 106 Å². The number of hydrogen-bond acceptors (Lipinski definition) is 2. The summed E-state index contributed by atoms with van der Waals surface area (Å²) in [6, 6.07) is 2.63. The van der Waals surface area contributed by atoms with Gasteiger partial charge in [0.15, 0.2) is 0 Å². The van der Waals surface area contributed by atoms with Crippen molar-refractivity contribution in [3.8, 4) is 0 Å². The lowest BCUT2D eigenvalue weighted by Gasteiger charge is -2.23. The van der Waals surface area contributed by atoms with Gasteiger partial charge in [0.05, 0.1) is 0 Å². The van der Waals surface area contributed by atoms with E-state index in [1.165, 1.54) is 30.4 Å². The number of rotatable bonds is 7. The van der Waals surface area contributed by atoms with Crippen LogP contribution >= 0.6 is 0 Å². The van der Waals surface area contributed by atoms with Crippen molar-refractivity contribution in [2.45, 2.75) is 53.0 Å². The van der Waals surface area contributed by atoms with Gasteiger partial charge in [0.2, 0.25) is 0 Å². The average molecular weight is 234 g/mol. The third-order valence-electron chi connectivity index (χ3n) is 3.31. The molecule has 0 saturated heterocycles. The molecule has 17 heavy (non-hydrogen) atoms. The molecule has 0 amide bonds. The summed E-state index contributed by atoms with van der Waals surface area (Å²) < 4.78 is 0. The van der Waals surface area contributed by atoms with Crippen LogP contribution in [0.25, 0.3) is 0 Å². The molecule has 0 aliphatic carbocycles. The summed E-state index contributed by atoms with van der Waals surface area (Å²) in [7, 11) is 0. The number of aromatic nitrogens is 1. The van der Waals surface area contributed by atoms with Crippen LogP contribution in [-0.4, -0.2) is 11.5 Å². The zero-order valence-corrected chi connectivity index (χ0v) is 11.7. The molecule has 0 radical (unpaired) electrons. The van der Waals surface area contributed by atoms with E-state index in [2.05, 4.69) is 44.1 Å². The first kappa shape index (κ1) is 14.2. The molecule has 0 fully saturated rings. The van der Waals surface area contributed by atoms with Gasteiger partial charge < -0.3 is 5.32 Å². The van der Waals surface area contributed by atoms with Crippen LogP contribution in [0, 0.1) is 12.8 Å². The summed E-state index contributed by atoms with van der Waals surface area (Å²) in [5, 5.41) is 3.60. The van der Waals surface area contributed by atoms with Gasteiger partial charge in [-0.3, -0.25) is 4.98 Å².